The van der Waals surface area contributed by atoms with Gasteiger partial charge in [0.2, 0.25) is 0 Å². The molecular formula is C14H27BrN4. The van der Waals surface area contributed by atoms with Gasteiger partial charge in [-0.25, -0.2) is 0 Å². The third-order valence-electron chi connectivity index (χ3n) is 3.07. The van der Waals surface area contributed by atoms with Crippen molar-refractivity contribution in [3.8, 4) is 0 Å². The van der Waals surface area contributed by atoms with E-state index < -0.39 is 0 Å². The molecule has 1 aromatic rings. The lowest BCUT2D eigenvalue weighted by molar-refractivity contribution is 0.296. The summed E-state index contributed by atoms with van der Waals surface area (Å²) >= 11 is 3.67. The fourth-order valence-corrected chi connectivity index (χ4v) is 2.69. The molecule has 1 heterocycles. The molecule has 4 nitrogen and oxygen atoms in total. The summed E-state index contributed by atoms with van der Waals surface area (Å²) in [4.78, 5) is 2.32. The van der Waals surface area contributed by atoms with Gasteiger partial charge in [0.05, 0.1) is 15.9 Å². The normalized spacial score (nSPS) is 12.4. The van der Waals surface area contributed by atoms with Crippen molar-refractivity contribution < 1.29 is 0 Å². The molecule has 0 aliphatic carbocycles. The first-order valence-electron chi connectivity index (χ1n) is 6.88. The zero-order chi connectivity index (χ0) is 14.6. The van der Waals surface area contributed by atoms with Crippen molar-refractivity contribution in [1.29, 1.82) is 0 Å². The molecule has 0 fully saturated rings. The number of hydrogen-bond donors (Lipinski definition) is 1. The molecular weight excluding hydrogens is 304 g/mol. The minimum Gasteiger partial charge on any atom is -0.311 e. The van der Waals surface area contributed by atoms with Crippen molar-refractivity contribution in [2.24, 2.45) is 7.05 Å². The third-order valence-corrected chi connectivity index (χ3v) is 3.99. The summed E-state index contributed by atoms with van der Waals surface area (Å²) in [6.07, 6.45) is 0.962. The molecule has 0 unspecified atom stereocenters. The summed E-state index contributed by atoms with van der Waals surface area (Å²) in [5.41, 5.74) is 2.57. The molecule has 0 saturated heterocycles. The highest BCUT2D eigenvalue weighted by Crippen LogP contribution is 2.22. The smallest absolute Gasteiger partial charge is 0.0767 e. The molecule has 0 spiro atoms. The van der Waals surface area contributed by atoms with Crippen LogP contribution in [0.2, 0.25) is 0 Å². The number of rotatable bonds is 6. The van der Waals surface area contributed by atoms with E-state index in [0.29, 0.717) is 0 Å². The van der Waals surface area contributed by atoms with E-state index in [1.54, 1.807) is 0 Å². The molecule has 0 amide bonds. The van der Waals surface area contributed by atoms with Crippen LogP contribution in [0, 0.1) is 0 Å². The second kappa shape index (κ2) is 6.86. The van der Waals surface area contributed by atoms with Crippen molar-refractivity contribution in [3.63, 3.8) is 0 Å². The lowest BCUT2D eigenvalue weighted by Gasteiger charge is -2.23. The Morgan fingerprint density at radius 2 is 2.00 bits per heavy atom. The molecule has 0 aliphatic rings. The van der Waals surface area contributed by atoms with Crippen LogP contribution in [0.1, 0.15) is 39.1 Å². The molecule has 110 valence electrons. The lowest BCUT2D eigenvalue weighted by atomic mass is 10.1. The van der Waals surface area contributed by atoms with Gasteiger partial charge in [-0.1, -0.05) is 6.92 Å². The maximum Gasteiger partial charge on any atom is 0.0767 e. The van der Waals surface area contributed by atoms with E-state index in [0.717, 1.165) is 36.2 Å². The second-order valence-electron chi connectivity index (χ2n) is 6.10. The number of halogens is 1. The largest absolute Gasteiger partial charge is 0.311 e. The second-order valence-corrected chi connectivity index (χ2v) is 6.89. The summed E-state index contributed by atoms with van der Waals surface area (Å²) < 4.78 is 3.14. The van der Waals surface area contributed by atoms with E-state index in [1.807, 2.05) is 11.7 Å². The van der Waals surface area contributed by atoms with E-state index in [-0.39, 0.29) is 5.54 Å². The van der Waals surface area contributed by atoms with Crippen molar-refractivity contribution in [3.05, 3.63) is 15.9 Å². The highest BCUT2D eigenvalue weighted by Gasteiger charge is 2.14. The summed E-state index contributed by atoms with van der Waals surface area (Å²) in [6, 6.07) is 0. The standard InChI is InChI=1S/C14H27BrN4/c1-7-11-13(15)12(19(6)17-11)10-18(5)9-8-16-14(2,3)4/h16H,7-10H2,1-6H3. The van der Waals surface area contributed by atoms with Gasteiger partial charge < -0.3 is 5.32 Å². The van der Waals surface area contributed by atoms with Crippen LogP contribution in [-0.2, 0) is 20.0 Å². The summed E-state index contributed by atoms with van der Waals surface area (Å²) in [5, 5.41) is 8.04. The van der Waals surface area contributed by atoms with Crippen LogP contribution < -0.4 is 5.32 Å². The highest BCUT2D eigenvalue weighted by atomic mass is 79.9. The van der Waals surface area contributed by atoms with Gasteiger partial charge in [0.25, 0.3) is 0 Å². The Labute approximate surface area is 125 Å². The highest BCUT2D eigenvalue weighted by molar-refractivity contribution is 9.10. The Balaban J connectivity index is 2.53. The zero-order valence-electron chi connectivity index (χ0n) is 13.0. The quantitative estimate of drug-likeness (QED) is 0.870. The van der Waals surface area contributed by atoms with Crippen LogP contribution in [0.3, 0.4) is 0 Å². The first-order chi connectivity index (χ1) is 8.74. The van der Waals surface area contributed by atoms with E-state index in [1.165, 1.54) is 5.69 Å². The minimum absolute atomic E-state index is 0.184. The molecule has 0 aromatic carbocycles. The fraction of sp³-hybridized carbons (Fsp3) is 0.786. The maximum atomic E-state index is 4.53. The van der Waals surface area contributed by atoms with E-state index in [4.69, 9.17) is 0 Å². The van der Waals surface area contributed by atoms with Gasteiger partial charge in [0.1, 0.15) is 0 Å². The van der Waals surface area contributed by atoms with Crippen LogP contribution in [0.15, 0.2) is 4.47 Å². The van der Waals surface area contributed by atoms with E-state index in [2.05, 4.69) is 66.0 Å². The number of hydrogen-bond acceptors (Lipinski definition) is 3. The van der Waals surface area contributed by atoms with Gasteiger partial charge in [0, 0.05) is 32.2 Å². The van der Waals surface area contributed by atoms with E-state index in [9.17, 15) is 0 Å². The Morgan fingerprint density at radius 1 is 1.37 bits per heavy atom. The van der Waals surface area contributed by atoms with Gasteiger partial charge in [-0.15, -0.1) is 0 Å². The third kappa shape index (κ3) is 5.24. The van der Waals surface area contributed by atoms with Crippen LogP contribution in [0.4, 0.5) is 0 Å². The summed E-state index contributed by atoms with van der Waals surface area (Å²) in [6.45, 7) is 11.6. The minimum atomic E-state index is 0.184. The van der Waals surface area contributed by atoms with Crippen molar-refractivity contribution in [1.82, 2.24) is 20.0 Å². The Morgan fingerprint density at radius 3 is 2.47 bits per heavy atom. The summed E-state index contributed by atoms with van der Waals surface area (Å²) in [5.74, 6) is 0. The fourth-order valence-electron chi connectivity index (χ4n) is 1.95. The number of nitrogens with one attached hydrogen (secondary N) is 1. The average molecular weight is 331 g/mol. The molecule has 0 atom stereocenters. The molecule has 1 aromatic heterocycles. The van der Waals surface area contributed by atoms with Gasteiger partial charge in [-0.05, 0) is 50.2 Å². The zero-order valence-corrected chi connectivity index (χ0v) is 14.6. The molecule has 0 aliphatic heterocycles. The Bertz CT molecular complexity index is 406. The number of nitrogens with zero attached hydrogens (tertiary/aromatic N) is 3. The molecule has 5 heteroatoms. The first-order valence-corrected chi connectivity index (χ1v) is 7.67. The van der Waals surface area contributed by atoms with E-state index >= 15 is 0 Å². The molecule has 0 saturated carbocycles. The van der Waals surface area contributed by atoms with Crippen LogP contribution in [0.25, 0.3) is 0 Å². The Kier molecular flexibility index (Phi) is 6.02. The predicted octanol–water partition coefficient (Wildman–Crippen LogP) is 2.56. The summed E-state index contributed by atoms with van der Waals surface area (Å²) in [7, 11) is 4.16. The van der Waals surface area contributed by atoms with Gasteiger partial charge in [0.15, 0.2) is 0 Å². The maximum absolute atomic E-state index is 4.53. The monoisotopic (exact) mass is 330 g/mol. The Hall–Kier alpha value is -0.390. The van der Waals surface area contributed by atoms with Crippen molar-refractivity contribution in [2.75, 3.05) is 20.1 Å². The average Bonchev–Trinajstić information content (AvgIpc) is 2.54. The van der Waals surface area contributed by atoms with Crippen LogP contribution in [-0.4, -0.2) is 40.4 Å². The van der Waals surface area contributed by atoms with Gasteiger partial charge >= 0.3 is 0 Å². The van der Waals surface area contributed by atoms with Gasteiger partial charge in [-0.2, -0.15) is 5.10 Å². The van der Waals surface area contributed by atoms with Crippen LogP contribution in [0.5, 0.6) is 0 Å². The molecule has 0 radical (unpaired) electrons. The van der Waals surface area contributed by atoms with Crippen molar-refractivity contribution >= 4 is 15.9 Å². The molecule has 0 bridgehead atoms. The number of aromatic nitrogens is 2. The molecule has 19 heavy (non-hydrogen) atoms. The molecule has 1 N–H and O–H groups in total. The predicted molar refractivity (Wildman–Crippen MR) is 84.4 cm³/mol. The first kappa shape index (κ1) is 16.7. The molecule has 1 rings (SSSR count). The van der Waals surface area contributed by atoms with Gasteiger partial charge in [-0.3, -0.25) is 9.58 Å². The SMILES string of the molecule is CCc1nn(C)c(CN(C)CCNC(C)(C)C)c1Br. The van der Waals surface area contributed by atoms with Crippen molar-refractivity contribution in [2.45, 2.75) is 46.2 Å². The van der Waals surface area contributed by atoms with Crippen LogP contribution >= 0.6 is 15.9 Å². The topological polar surface area (TPSA) is 33.1 Å². The lowest BCUT2D eigenvalue weighted by Crippen LogP contribution is -2.40. The number of aryl methyl sites for hydroxylation is 2. The number of likely N-dealkylation sites (N-methyl/N-ethyl adjacent to an activating group) is 1.